The van der Waals surface area contributed by atoms with E-state index in [1.807, 2.05) is 12.1 Å². The van der Waals surface area contributed by atoms with Gasteiger partial charge in [0.2, 0.25) is 0 Å². The molecule has 1 heterocycles. The molecule has 0 saturated carbocycles. The van der Waals surface area contributed by atoms with Crippen LogP contribution >= 0.6 is 56.8 Å². The van der Waals surface area contributed by atoms with Gasteiger partial charge in [-0.05, 0) is 88.0 Å². The Hall–Kier alpha value is -0.650. The lowest BCUT2D eigenvalue weighted by Crippen LogP contribution is -2.11. The van der Waals surface area contributed by atoms with Gasteiger partial charge in [-0.1, -0.05) is 17.7 Å². The minimum atomic E-state index is -3.99. The minimum absolute atomic E-state index is 0.0582. The Morgan fingerprint density at radius 1 is 1.12 bits per heavy atom. The molecule has 3 rings (SSSR count). The van der Waals surface area contributed by atoms with Gasteiger partial charge in [-0.3, -0.25) is 4.98 Å². The van der Waals surface area contributed by atoms with E-state index in [0.29, 0.717) is 19.7 Å². The second kappa shape index (κ2) is 6.93. The molecule has 4 nitrogen and oxygen atoms in total. The quantitative estimate of drug-likeness (QED) is 0.314. The summed E-state index contributed by atoms with van der Waals surface area (Å²) in [5.41, 5.74) is 1.18. The van der Waals surface area contributed by atoms with Crippen molar-refractivity contribution in [3.8, 4) is 5.75 Å². The normalized spacial score (nSPS) is 11.7. The minimum Gasteiger partial charge on any atom is -0.375 e. The van der Waals surface area contributed by atoms with Crippen molar-refractivity contribution < 1.29 is 12.6 Å². The lowest BCUT2D eigenvalue weighted by Gasteiger charge is -2.12. The van der Waals surface area contributed by atoms with Crippen LogP contribution in [0, 0.1) is 14.1 Å². The fraction of sp³-hybridized carbons (Fsp3) is 0.0625. The first kappa shape index (κ1) is 18.2. The van der Waals surface area contributed by atoms with Crippen molar-refractivity contribution in [1.82, 2.24) is 4.98 Å². The smallest absolute Gasteiger partial charge is 0.339 e. The molecule has 24 heavy (non-hydrogen) atoms. The average Bonchev–Trinajstić information content (AvgIpc) is 2.54. The molecule has 0 spiro atoms. The lowest BCUT2D eigenvalue weighted by atomic mass is 10.2. The maximum Gasteiger partial charge on any atom is 0.339 e. The van der Waals surface area contributed by atoms with Gasteiger partial charge in [0.25, 0.3) is 0 Å². The number of aromatic nitrogens is 1. The van der Waals surface area contributed by atoms with E-state index in [9.17, 15) is 8.42 Å². The van der Waals surface area contributed by atoms with Crippen molar-refractivity contribution in [1.29, 1.82) is 0 Å². The van der Waals surface area contributed by atoms with E-state index in [-0.39, 0.29) is 10.6 Å². The van der Waals surface area contributed by atoms with Crippen LogP contribution in [0.2, 0.25) is 5.02 Å². The maximum atomic E-state index is 12.6. The van der Waals surface area contributed by atoms with E-state index < -0.39 is 10.1 Å². The number of hydrogen-bond donors (Lipinski definition) is 0. The van der Waals surface area contributed by atoms with Crippen molar-refractivity contribution >= 4 is 77.8 Å². The van der Waals surface area contributed by atoms with Crippen LogP contribution in [0.5, 0.6) is 5.75 Å². The summed E-state index contributed by atoms with van der Waals surface area (Å²) in [6, 6.07) is 10.0. The van der Waals surface area contributed by atoms with Crippen molar-refractivity contribution in [2.24, 2.45) is 0 Å². The van der Waals surface area contributed by atoms with Gasteiger partial charge < -0.3 is 4.18 Å². The van der Waals surface area contributed by atoms with E-state index in [1.165, 1.54) is 12.1 Å². The van der Waals surface area contributed by atoms with E-state index in [4.69, 9.17) is 15.8 Å². The Kier molecular flexibility index (Phi) is 5.24. The maximum absolute atomic E-state index is 12.6. The number of aryl methyl sites for hydroxylation is 1. The predicted octanol–water partition coefficient (Wildman–Crippen LogP) is 5.17. The van der Waals surface area contributed by atoms with Crippen molar-refractivity contribution in [2.75, 3.05) is 0 Å². The molecule has 0 aliphatic rings. The summed E-state index contributed by atoms with van der Waals surface area (Å²) in [4.78, 5) is 4.35. The molecule has 0 aliphatic heterocycles. The van der Waals surface area contributed by atoms with Crippen molar-refractivity contribution in [3.63, 3.8) is 0 Å². The van der Waals surface area contributed by atoms with Crippen molar-refractivity contribution in [3.05, 3.63) is 60.3 Å². The van der Waals surface area contributed by atoms with Gasteiger partial charge in [-0.25, -0.2) is 0 Å². The molecular weight excluding hydrogens is 576 g/mol. The van der Waals surface area contributed by atoms with Gasteiger partial charge in [0.1, 0.15) is 10.4 Å². The van der Waals surface area contributed by atoms with E-state index >= 15 is 0 Å². The summed E-state index contributed by atoms with van der Waals surface area (Å²) >= 11 is 10.2. The third-order valence-electron chi connectivity index (χ3n) is 3.36. The molecule has 0 unspecified atom stereocenters. The van der Waals surface area contributed by atoms with Gasteiger partial charge in [0, 0.05) is 20.2 Å². The number of benzene rings is 2. The lowest BCUT2D eigenvalue weighted by molar-refractivity contribution is 0.486. The molecule has 1 aromatic heterocycles. The molecule has 3 aromatic rings. The van der Waals surface area contributed by atoms with Crippen LogP contribution in [0.1, 0.15) is 5.56 Å². The number of hydrogen-bond acceptors (Lipinski definition) is 4. The van der Waals surface area contributed by atoms with Gasteiger partial charge in [-0.15, -0.1) is 0 Å². The molecule has 0 bridgehead atoms. The molecule has 0 radical (unpaired) electrons. The van der Waals surface area contributed by atoms with Crippen LogP contribution in [-0.2, 0) is 10.1 Å². The molecular formula is C16H10ClI2NO3S. The molecule has 124 valence electrons. The van der Waals surface area contributed by atoms with Gasteiger partial charge in [0.05, 0.1) is 3.57 Å². The highest BCUT2D eigenvalue weighted by molar-refractivity contribution is 14.1. The fourth-order valence-corrected chi connectivity index (χ4v) is 5.48. The standard InChI is InChI=1S/C16H10ClI2NO3S/c1-9-7-10(4-5-12(9)17)24(21,22)23-16-14(19)8-13(18)11-3-2-6-20-15(11)16/h2-8H,1H3. The third-order valence-corrected chi connectivity index (χ3v) is 6.70. The summed E-state index contributed by atoms with van der Waals surface area (Å²) in [5.74, 6) is 0.235. The van der Waals surface area contributed by atoms with E-state index in [0.717, 1.165) is 8.96 Å². The van der Waals surface area contributed by atoms with E-state index in [2.05, 4.69) is 50.2 Å². The summed E-state index contributed by atoms with van der Waals surface area (Å²) in [6.45, 7) is 1.74. The summed E-state index contributed by atoms with van der Waals surface area (Å²) < 4.78 is 32.4. The highest BCUT2D eigenvalue weighted by atomic mass is 127. The van der Waals surface area contributed by atoms with Crippen LogP contribution in [0.4, 0.5) is 0 Å². The monoisotopic (exact) mass is 585 g/mol. The van der Waals surface area contributed by atoms with Crippen LogP contribution in [0.25, 0.3) is 10.9 Å². The number of fused-ring (bicyclic) bond motifs is 1. The average molecular weight is 586 g/mol. The first-order valence-electron chi connectivity index (χ1n) is 6.73. The Bertz CT molecular complexity index is 1050. The third kappa shape index (κ3) is 3.49. The van der Waals surface area contributed by atoms with Crippen molar-refractivity contribution in [2.45, 2.75) is 11.8 Å². The molecule has 0 aliphatic carbocycles. The van der Waals surface area contributed by atoms with Gasteiger partial charge in [-0.2, -0.15) is 8.42 Å². The van der Waals surface area contributed by atoms with E-state index in [1.54, 1.807) is 25.3 Å². The molecule has 0 N–H and O–H groups in total. The molecule has 2 aromatic carbocycles. The largest absolute Gasteiger partial charge is 0.375 e. The number of pyridine rings is 1. The van der Waals surface area contributed by atoms with Crippen LogP contribution < -0.4 is 4.18 Å². The number of halogens is 3. The summed E-state index contributed by atoms with van der Waals surface area (Å²) in [7, 11) is -3.99. The highest BCUT2D eigenvalue weighted by Gasteiger charge is 2.22. The molecule has 8 heteroatoms. The topological polar surface area (TPSA) is 56.3 Å². The second-order valence-corrected chi connectivity index (χ2v) is 9.30. The summed E-state index contributed by atoms with van der Waals surface area (Å²) in [5, 5.41) is 1.35. The zero-order valence-electron chi connectivity index (χ0n) is 12.3. The Labute approximate surface area is 172 Å². The van der Waals surface area contributed by atoms with Gasteiger partial charge in [0.15, 0.2) is 5.75 Å². The first-order chi connectivity index (χ1) is 11.3. The zero-order chi connectivity index (χ0) is 17.5. The molecule has 0 saturated heterocycles. The molecule has 0 fully saturated rings. The Balaban J connectivity index is 2.14. The second-order valence-electron chi connectivity index (χ2n) is 5.02. The fourth-order valence-electron chi connectivity index (χ4n) is 2.16. The number of nitrogens with zero attached hydrogens (tertiary/aromatic N) is 1. The highest BCUT2D eigenvalue weighted by Crippen LogP contribution is 2.35. The van der Waals surface area contributed by atoms with Crippen LogP contribution in [-0.4, -0.2) is 13.4 Å². The molecule has 0 amide bonds. The summed E-state index contributed by atoms with van der Waals surface area (Å²) in [6.07, 6.45) is 1.61. The zero-order valence-corrected chi connectivity index (χ0v) is 18.1. The Morgan fingerprint density at radius 2 is 1.88 bits per heavy atom. The molecule has 0 atom stereocenters. The van der Waals surface area contributed by atoms with Crippen LogP contribution in [0.3, 0.4) is 0 Å². The van der Waals surface area contributed by atoms with Crippen LogP contribution in [0.15, 0.2) is 47.5 Å². The Morgan fingerprint density at radius 3 is 2.58 bits per heavy atom. The number of rotatable bonds is 3. The SMILES string of the molecule is Cc1cc(S(=O)(=O)Oc2c(I)cc(I)c3cccnc23)ccc1Cl. The predicted molar refractivity (Wildman–Crippen MR) is 111 cm³/mol. The van der Waals surface area contributed by atoms with Gasteiger partial charge >= 0.3 is 10.1 Å². The first-order valence-corrected chi connectivity index (χ1v) is 10.7.